The van der Waals surface area contributed by atoms with E-state index < -0.39 is 6.17 Å². The molecule has 5 nitrogen and oxygen atoms in total. The molecule has 3 N–H and O–H groups in total. The van der Waals surface area contributed by atoms with Gasteiger partial charge in [-0.15, -0.1) is 0 Å². The first-order valence-corrected chi connectivity index (χ1v) is 5.42. The number of aliphatic hydroxyl groups is 1. The lowest BCUT2D eigenvalue weighted by Gasteiger charge is -2.10. The predicted molar refractivity (Wildman–Crippen MR) is 58.1 cm³/mol. The number of rotatable bonds is 11. The summed E-state index contributed by atoms with van der Waals surface area (Å²) in [6.45, 7) is 3.37. The summed E-state index contributed by atoms with van der Waals surface area (Å²) in [4.78, 5) is 0. The molecule has 0 aromatic heterocycles. The first-order valence-electron chi connectivity index (χ1n) is 5.42. The molecule has 0 fully saturated rings. The smallest absolute Gasteiger partial charge is 0.135 e. The minimum atomic E-state index is -1.10. The average molecular weight is 239 g/mol. The van der Waals surface area contributed by atoms with Crippen LogP contribution in [0.1, 0.15) is 6.92 Å². The fourth-order valence-electron chi connectivity index (χ4n) is 0.860. The SMILES string of the molecule is CC(CO)OCCOCCOCC(F)CN. The lowest BCUT2D eigenvalue weighted by Crippen LogP contribution is -2.22. The molecule has 0 aromatic rings. The number of ether oxygens (including phenoxy) is 3. The maximum Gasteiger partial charge on any atom is 0.135 e. The Morgan fingerprint density at radius 1 is 1.19 bits per heavy atom. The van der Waals surface area contributed by atoms with Crippen LogP contribution in [0.4, 0.5) is 4.39 Å². The monoisotopic (exact) mass is 239 g/mol. The number of aliphatic hydroxyl groups excluding tert-OH is 1. The van der Waals surface area contributed by atoms with Gasteiger partial charge in [-0.2, -0.15) is 0 Å². The molecule has 0 aliphatic rings. The van der Waals surface area contributed by atoms with Crippen molar-refractivity contribution in [3.8, 4) is 0 Å². The third kappa shape index (κ3) is 10.3. The highest BCUT2D eigenvalue weighted by molar-refractivity contribution is 4.52. The second-order valence-corrected chi connectivity index (χ2v) is 3.38. The quantitative estimate of drug-likeness (QED) is 0.485. The maximum absolute atomic E-state index is 12.6. The lowest BCUT2D eigenvalue weighted by molar-refractivity contribution is -0.0249. The van der Waals surface area contributed by atoms with Crippen LogP contribution in [0, 0.1) is 0 Å². The molecule has 0 heterocycles. The molecule has 0 aliphatic heterocycles. The van der Waals surface area contributed by atoms with Crippen LogP contribution in [0.15, 0.2) is 0 Å². The Balaban J connectivity index is 3.04. The molecule has 0 bridgehead atoms. The van der Waals surface area contributed by atoms with Crippen molar-refractivity contribution < 1.29 is 23.7 Å². The molecular weight excluding hydrogens is 217 g/mol. The van der Waals surface area contributed by atoms with Gasteiger partial charge >= 0.3 is 0 Å². The lowest BCUT2D eigenvalue weighted by atomic mass is 10.4. The van der Waals surface area contributed by atoms with Gasteiger partial charge in [0.25, 0.3) is 0 Å². The van der Waals surface area contributed by atoms with Crippen molar-refractivity contribution in [2.45, 2.75) is 19.2 Å². The molecule has 0 saturated heterocycles. The van der Waals surface area contributed by atoms with Crippen molar-refractivity contribution in [1.29, 1.82) is 0 Å². The van der Waals surface area contributed by atoms with Gasteiger partial charge in [0, 0.05) is 6.54 Å². The minimum absolute atomic E-state index is 0.0000876. The van der Waals surface area contributed by atoms with Gasteiger partial charge in [-0.3, -0.25) is 0 Å². The van der Waals surface area contributed by atoms with Crippen LogP contribution in [0.25, 0.3) is 0 Å². The molecule has 0 saturated carbocycles. The highest BCUT2D eigenvalue weighted by Crippen LogP contribution is 1.90. The van der Waals surface area contributed by atoms with Gasteiger partial charge in [-0.1, -0.05) is 0 Å². The van der Waals surface area contributed by atoms with Gasteiger partial charge in [0.1, 0.15) is 6.17 Å². The van der Waals surface area contributed by atoms with Gasteiger partial charge < -0.3 is 25.1 Å². The third-order valence-electron chi connectivity index (χ3n) is 1.81. The summed E-state index contributed by atoms with van der Waals surface area (Å²) in [6.07, 6.45) is -1.27. The minimum Gasteiger partial charge on any atom is -0.394 e. The fraction of sp³-hybridized carbons (Fsp3) is 1.00. The van der Waals surface area contributed by atoms with E-state index in [4.69, 9.17) is 25.1 Å². The zero-order chi connectivity index (χ0) is 12.2. The van der Waals surface area contributed by atoms with Crippen molar-refractivity contribution in [3.63, 3.8) is 0 Å². The van der Waals surface area contributed by atoms with Crippen LogP contribution >= 0.6 is 0 Å². The molecule has 0 amide bonds. The molecule has 98 valence electrons. The van der Waals surface area contributed by atoms with E-state index in [1.807, 2.05) is 0 Å². The fourth-order valence-corrected chi connectivity index (χ4v) is 0.860. The molecule has 2 unspecified atom stereocenters. The second kappa shape index (κ2) is 11.2. The summed E-state index contributed by atoms with van der Waals surface area (Å²) < 4.78 is 27.8. The normalized spacial score (nSPS) is 15.0. The van der Waals surface area contributed by atoms with Crippen molar-refractivity contribution in [1.82, 2.24) is 0 Å². The van der Waals surface area contributed by atoms with Crippen molar-refractivity contribution in [2.24, 2.45) is 5.73 Å². The summed E-state index contributed by atoms with van der Waals surface area (Å²) in [6, 6.07) is 0. The zero-order valence-electron chi connectivity index (χ0n) is 9.73. The molecule has 0 radical (unpaired) electrons. The summed E-state index contributed by atoms with van der Waals surface area (Å²) in [5, 5.41) is 8.65. The van der Waals surface area contributed by atoms with Crippen molar-refractivity contribution in [2.75, 3.05) is 46.2 Å². The Labute approximate surface area is 95.7 Å². The van der Waals surface area contributed by atoms with E-state index >= 15 is 0 Å². The Morgan fingerprint density at radius 2 is 1.81 bits per heavy atom. The highest BCUT2D eigenvalue weighted by atomic mass is 19.1. The summed E-state index contributed by atoms with van der Waals surface area (Å²) in [7, 11) is 0. The topological polar surface area (TPSA) is 73.9 Å². The summed E-state index contributed by atoms with van der Waals surface area (Å²) in [5.41, 5.74) is 5.07. The van der Waals surface area contributed by atoms with E-state index in [1.165, 1.54) is 0 Å². The molecular formula is C10H22FNO4. The van der Waals surface area contributed by atoms with Gasteiger partial charge in [0.2, 0.25) is 0 Å². The van der Waals surface area contributed by atoms with Gasteiger partial charge in [-0.05, 0) is 6.92 Å². The largest absolute Gasteiger partial charge is 0.394 e. The summed E-state index contributed by atoms with van der Waals surface area (Å²) in [5.74, 6) is 0. The molecule has 0 aliphatic carbocycles. The number of alkyl halides is 1. The van der Waals surface area contributed by atoms with Crippen LogP contribution in [0.5, 0.6) is 0 Å². The molecule has 6 heteroatoms. The van der Waals surface area contributed by atoms with E-state index in [9.17, 15) is 4.39 Å². The van der Waals surface area contributed by atoms with Gasteiger partial charge in [0.15, 0.2) is 0 Å². The Hall–Kier alpha value is -0.270. The van der Waals surface area contributed by atoms with Crippen molar-refractivity contribution in [3.05, 3.63) is 0 Å². The standard InChI is InChI=1S/C10H22FNO4/c1-9(7-13)16-5-4-14-2-3-15-8-10(11)6-12/h9-10,13H,2-8,12H2,1H3. The van der Waals surface area contributed by atoms with E-state index in [0.29, 0.717) is 26.4 Å². The third-order valence-corrected chi connectivity index (χ3v) is 1.81. The number of hydrogen-bond acceptors (Lipinski definition) is 5. The summed E-state index contributed by atoms with van der Waals surface area (Å²) >= 11 is 0. The molecule has 0 aromatic carbocycles. The van der Waals surface area contributed by atoms with Crippen LogP contribution in [-0.4, -0.2) is 63.6 Å². The van der Waals surface area contributed by atoms with Crippen LogP contribution in [-0.2, 0) is 14.2 Å². The molecule has 0 spiro atoms. The Bertz CT molecular complexity index is 135. The highest BCUT2D eigenvalue weighted by Gasteiger charge is 2.02. The average Bonchev–Trinajstić information content (AvgIpc) is 2.31. The molecule has 0 rings (SSSR count). The van der Waals surface area contributed by atoms with Gasteiger partial charge in [-0.25, -0.2) is 4.39 Å². The second-order valence-electron chi connectivity index (χ2n) is 3.38. The number of halogens is 1. The van der Waals surface area contributed by atoms with E-state index in [2.05, 4.69) is 0 Å². The number of hydrogen-bond donors (Lipinski definition) is 2. The van der Waals surface area contributed by atoms with Gasteiger partial charge in [0.05, 0.1) is 45.7 Å². The molecule has 16 heavy (non-hydrogen) atoms. The first-order chi connectivity index (χ1) is 7.70. The molecule has 2 atom stereocenters. The van der Waals surface area contributed by atoms with Crippen LogP contribution < -0.4 is 5.73 Å². The first kappa shape index (κ1) is 15.7. The van der Waals surface area contributed by atoms with Crippen LogP contribution in [0.2, 0.25) is 0 Å². The van der Waals surface area contributed by atoms with Crippen LogP contribution in [0.3, 0.4) is 0 Å². The van der Waals surface area contributed by atoms with Crippen molar-refractivity contribution >= 4 is 0 Å². The predicted octanol–water partition coefficient (Wildman–Crippen LogP) is -0.286. The Morgan fingerprint density at radius 3 is 2.44 bits per heavy atom. The number of nitrogens with two attached hydrogens (primary N) is 1. The Kier molecular flexibility index (Phi) is 11.0. The van der Waals surface area contributed by atoms with E-state index in [1.54, 1.807) is 6.92 Å². The van der Waals surface area contributed by atoms with E-state index in [-0.39, 0.29) is 25.9 Å². The van der Waals surface area contributed by atoms with E-state index in [0.717, 1.165) is 0 Å². The zero-order valence-corrected chi connectivity index (χ0v) is 9.73. The maximum atomic E-state index is 12.6.